The van der Waals surface area contributed by atoms with Crippen LogP contribution in [-0.4, -0.2) is 10.2 Å². The van der Waals surface area contributed by atoms with Gasteiger partial charge in [-0.1, -0.05) is 35.9 Å². The average Bonchev–Trinajstić information content (AvgIpc) is 2.49. The van der Waals surface area contributed by atoms with Crippen LogP contribution >= 0.6 is 23.2 Å². The molecule has 1 heterocycles. The summed E-state index contributed by atoms with van der Waals surface area (Å²) >= 11 is 12.0. The lowest BCUT2D eigenvalue weighted by atomic mass is 10.0. The topological polar surface area (TPSA) is 30.0 Å². The minimum atomic E-state index is -0.514. The van der Waals surface area contributed by atoms with Gasteiger partial charge in [-0.3, -0.25) is 4.79 Å². The van der Waals surface area contributed by atoms with Crippen molar-refractivity contribution in [1.82, 2.24) is 4.98 Å². The van der Waals surface area contributed by atoms with Gasteiger partial charge in [0.1, 0.15) is 0 Å². The highest BCUT2D eigenvalue weighted by molar-refractivity contribution is 6.68. The zero-order valence-corrected chi connectivity index (χ0v) is 13.7. The zero-order valence-electron chi connectivity index (χ0n) is 12.2. The first-order valence-corrected chi connectivity index (χ1v) is 7.59. The van der Waals surface area contributed by atoms with Gasteiger partial charge in [0.05, 0.1) is 16.2 Å². The highest BCUT2D eigenvalue weighted by atomic mass is 35.5. The predicted molar refractivity (Wildman–Crippen MR) is 91.8 cm³/mol. The number of aromatic nitrogens is 1. The molecule has 0 radical (unpaired) electrons. The van der Waals surface area contributed by atoms with Crippen LogP contribution in [0.4, 0.5) is 0 Å². The Balaban J connectivity index is 2.33. The first kappa shape index (κ1) is 15.0. The van der Waals surface area contributed by atoms with E-state index in [1.165, 1.54) is 5.56 Å². The van der Waals surface area contributed by atoms with Crippen molar-refractivity contribution >= 4 is 39.3 Å². The van der Waals surface area contributed by atoms with Gasteiger partial charge in [-0.05, 0) is 54.8 Å². The number of rotatable bonds is 2. The number of benzene rings is 2. The SMILES string of the molecule is Cc1ccc(-c2cc(C(=O)Cl)c3cccc(Cl)c3n2)cc1C. The Hall–Kier alpha value is -1.90. The molecule has 3 aromatic rings. The van der Waals surface area contributed by atoms with E-state index in [-0.39, 0.29) is 0 Å². The summed E-state index contributed by atoms with van der Waals surface area (Å²) in [5, 5.41) is 0.655. The van der Waals surface area contributed by atoms with E-state index < -0.39 is 5.24 Å². The molecule has 0 unspecified atom stereocenters. The molecule has 0 aliphatic heterocycles. The van der Waals surface area contributed by atoms with Crippen LogP contribution < -0.4 is 0 Å². The number of pyridine rings is 1. The van der Waals surface area contributed by atoms with Crippen molar-refractivity contribution < 1.29 is 4.79 Å². The van der Waals surface area contributed by atoms with E-state index in [1.54, 1.807) is 24.3 Å². The molecule has 0 atom stereocenters. The third-order valence-corrected chi connectivity index (χ3v) is 4.31. The summed E-state index contributed by atoms with van der Waals surface area (Å²) in [6.07, 6.45) is 0. The molecular weight excluding hydrogens is 317 g/mol. The number of hydrogen-bond donors (Lipinski definition) is 0. The zero-order chi connectivity index (χ0) is 15.9. The second-order valence-corrected chi connectivity index (χ2v) is 6.01. The molecule has 2 aromatic carbocycles. The van der Waals surface area contributed by atoms with E-state index in [0.717, 1.165) is 11.1 Å². The maximum atomic E-state index is 11.8. The van der Waals surface area contributed by atoms with Crippen molar-refractivity contribution in [3.05, 3.63) is 64.2 Å². The van der Waals surface area contributed by atoms with Crippen molar-refractivity contribution in [2.45, 2.75) is 13.8 Å². The lowest BCUT2D eigenvalue weighted by Gasteiger charge is -2.09. The molecule has 0 bridgehead atoms. The number of para-hydroxylation sites is 1. The lowest BCUT2D eigenvalue weighted by Crippen LogP contribution is -1.96. The highest BCUT2D eigenvalue weighted by Gasteiger charge is 2.14. The molecule has 0 aliphatic carbocycles. The van der Waals surface area contributed by atoms with Crippen LogP contribution in [0.3, 0.4) is 0 Å². The van der Waals surface area contributed by atoms with Gasteiger partial charge in [0.15, 0.2) is 0 Å². The molecule has 0 fully saturated rings. The van der Waals surface area contributed by atoms with Crippen molar-refractivity contribution in [1.29, 1.82) is 0 Å². The molecular formula is C18H13Cl2NO. The summed E-state index contributed by atoms with van der Waals surface area (Å²) in [5.41, 5.74) is 5.00. The number of carbonyl (C=O) groups is 1. The minimum Gasteiger partial charge on any atom is -0.276 e. The van der Waals surface area contributed by atoms with E-state index in [2.05, 4.69) is 11.9 Å². The third-order valence-electron chi connectivity index (χ3n) is 3.80. The minimum absolute atomic E-state index is 0.419. The third kappa shape index (κ3) is 2.60. The average molecular weight is 330 g/mol. The fraction of sp³-hybridized carbons (Fsp3) is 0.111. The van der Waals surface area contributed by atoms with Gasteiger partial charge in [0.25, 0.3) is 5.24 Å². The van der Waals surface area contributed by atoms with E-state index in [1.807, 2.05) is 25.1 Å². The summed E-state index contributed by atoms with van der Waals surface area (Å²) in [5.74, 6) is 0. The fourth-order valence-electron chi connectivity index (χ4n) is 2.42. The number of aryl methyl sites for hydroxylation is 2. The summed E-state index contributed by atoms with van der Waals surface area (Å²) < 4.78 is 0. The predicted octanol–water partition coefficient (Wildman–Crippen LogP) is 5.55. The molecule has 0 spiro atoms. The quantitative estimate of drug-likeness (QED) is 0.577. The van der Waals surface area contributed by atoms with Gasteiger partial charge >= 0.3 is 0 Å². The molecule has 4 heteroatoms. The standard InChI is InChI=1S/C18H13Cl2NO/c1-10-6-7-12(8-11(10)2)16-9-14(18(20)22)13-4-3-5-15(19)17(13)21-16/h3-9H,1-2H3. The van der Waals surface area contributed by atoms with Crippen LogP contribution in [-0.2, 0) is 0 Å². The first-order chi connectivity index (χ1) is 10.5. The summed E-state index contributed by atoms with van der Waals surface area (Å²) in [6, 6.07) is 13.1. The van der Waals surface area contributed by atoms with E-state index in [4.69, 9.17) is 23.2 Å². The molecule has 0 N–H and O–H groups in total. The van der Waals surface area contributed by atoms with Gasteiger partial charge in [0.2, 0.25) is 0 Å². The number of carbonyl (C=O) groups excluding carboxylic acids is 1. The summed E-state index contributed by atoms with van der Waals surface area (Å²) in [7, 11) is 0. The molecule has 22 heavy (non-hydrogen) atoms. The van der Waals surface area contributed by atoms with Gasteiger partial charge in [-0.25, -0.2) is 4.98 Å². The van der Waals surface area contributed by atoms with Crippen LogP contribution in [0, 0.1) is 13.8 Å². The second kappa shape index (κ2) is 5.71. The van der Waals surface area contributed by atoms with E-state index >= 15 is 0 Å². The van der Waals surface area contributed by atoms with Crippen LogP contribution in [0.1, 0.15) is 21.5 Å². The molecule has 110 valence electrons. The monoisotopic (exact) mass is 329 g/mol. The first-order valence-electron chi connectivity index (χ1n) is 6.84. The van der Waals surface area contributed by atoms with Crippen LogP contribution in [0.2, 0.25) is 5.02 Å². The van der Waals surface area contributed by atoms with Gasteiger partial charge in [-0.15, -0.1) is 0 Å². The molecule has 0 saturated heterocycles. The number of nitrogens with zero attached hydrogens (tertiary/aromatic N) is 1. The Kier molecular flexibility index (Phi) is 3.90. The van der Waals surface area contributed by atoms with Crippen LogP contribution in [0.5, 0.6) is 0 Å². The number of halogens is 2. The van der Waals surface area contributed by atoms with Crippen molar-refractivity contribution in [2.75, 3.05) is 0 Å². The Bertz CT molecular complexity index is 903. The van der Waals surface area contributed by atoms with Crippen LogP contribution in [0.15, 0.2) is 42.5 Å². The van der Waals surface area contributed by atoms with Crippen molar-refractivity contribution in [3.63, 3.8) is 0 Å². The Morgan fingerprint density at radius 3 is 2.50 bits per heavy atom. The maximum Gasteiger partial charge on any atom is 0.253 e. The number of hydrogen-bond acceptors (Lipinski definition) is 2. The molecule has 0 aliphatic rings. The van der Waals surface area contributed by atoms with E-state index in [9.17, 15) is 4.79 Å². The normalized spacial score (nSPS) is 10.9. The Morgan fingerprint density at radius 2 is 1.82 bits per heavy atom. The molecule has 2 nitrogen and oxygen atoms in total. The smallest absolute Gasteiger partial charge is 0.253 e. The molecule has 0 saturated carbocycles. The van der Waals surface area contributed by atoms with Gasteiger partial charge in [-0.2, -0.15) is 0 Å². The molecule has 3 rings (SSSR count). The van der Waals surface area contributed by atoms with Gasteiger partial charge in [0, 0.05) is 16.5 Å². The summed E-state index contributed by atoms with van der Waals surface area (Å²) in [4.78, 5) is 16.4. The second-order valence-electron chi connectivity index (χ2n) is 5.26. The summed E-state index contributed by atoms with van der Waals surface area (Å²) in [6.45, 7) is 4.10. The molecule has 0 amide bonds. The van der Waals surface area contributed by atoms with Crippen LogP contribution in [0.25, 0.3) is 22.2 Å². The Labute approximate surface area is 138 Å². The number of fused-ring (bicyclic) bond motifs is 1. The maximum absolute atomic E-state index is 11.8. The largest absolute Gasteiger partial charge is 0.276 e. The Morgan fingerprint density at radius 1 is 1.05 bits per heavy atom. The molecule has 1 aromatic heterocycles. The fourth-order valence-corrected chi connectivity index (χ4v) is 2.80. The highest BCUT2D eigenvalue weighted by Crippen LogP contribution is 2.30. The van der Waals surface area contributed by atoms with Crippen molar-refractivity contribution in [2.24, 2.45) is 0 Å². The van der Waals surface area contributed by atoms with E-state index in [0.29, 0.717) is 27.2 Å². The van der Waals surface area contributed by atoms with Crippen molar-refractivity contribution in [3.8, 4) is 11.3 Å². The lowest BCUT2D eigenvalue weighted by molar-refractivity contribution is 0.108. The van der Waals surface area contributed by atoms with Gasteiger partial charge < -0.3 is 0 Å².